The number of rotatable bonds is 5. The summed E-state index contributed by atoms with van der Waals surface area (Å²) in [5, 5.41) is 4.82. The molecule has 0 aliphatic carbocycles. The van der Waals surface area contributed by atoms with E-state index in [-0.39, 0.29) is 17.2 Å². The standard InChI is InChI=1S/C16H23ClN2O2/c1-11(17)14(20)18-9-10-19-15(21)12-5-7-13(8-6-12)16(2,3)4/h5-8,11H,9-10H2,1-4H3,(H,18,20)(H,19,21). The second-order valence-electron chi connectivity index (χ2n) is 5.99. The number of benzene rings is 1. The number of nitrogens with one attached hydrogen (secondary N) is 2. The number of hydrogen-bond acceptors (Lipinski definition) is 2. The van der Waals surface area contributed by atoms with Gasteiger partial charge in [-0.25, -0.2) is 0 Å². The van der Waals surface area contributed by atoms with E-state index in [4.69, 9.17) is 11.6 Å². The van der Waals surface area contributed by atoms with Crippen molar-refractivity contribution in [3.63, 3.8) is 0 Å². The molecule has 2 amide bonds. The van der Waals surface area contributed by atoms with Crippen molar-refractivity contribution in [3.05, 3.63) is 35.4 Å². The van der Waals surface area contributed by atoms with Gasteiger partial charge in [-0.3, -0.25) is 9.59 Å². The van der Waals surface area contributed by atoms with Crippen LogP contribution < -0.4 is 10.6 Å². The second kappa shape index (κ2) is 7.46. The van der Waals surface area contributed by atoms with Crippen LogP contribution in [0, 0.1) is 0 Å². The Morgan fingerprint density at radius 2 is 1.62 bits per heavy atom. The molecule has 1 rings (SSSR count). The number of carbonyl (C=O) groups excluding carboxylic acids is 2. The lowest BCUT2D eigenvalue weighted by Gasteiger charge is -2.19. The van der Waals surface area contributed by atoms with E-state index in [2.05, 4.69) is 31.4 Å². The molecule has 0 saturated carbocycles. The Labute approximate surface area is 131 Å². The average Bonchev–Trinajstić information content (AvgIpc) is 2.42. The summed E-state index contributed by atoms with van der Waals surface area (Å²) in [5.74, 6) is -0.385. The predicted molar refractivity (Wildman–Crippen MR) is 85.8 cm³/mol. The zero-order valence-electron chi connectivity index (χ0n) is 13.0. The maximum Gasteiger partial charge on any atom is 0.251 e. The van der Waals surface area contributed by atoms with E-state index >= 15 is 0 Å². The quantitative estimate of drug-likeness (QED) is 0.648. The Hall–Kier alpha value is -1.55. The summed E-state index contributed by atoms with van der Waals surface area (Å²) < 4.78 is 0. The number of alkyl halides is 1. The largest absolute Gasteiger partial charge is 0.353 e. The third kappa shape index (κ3) is 5.76. The summed E-state index contributed by atoms with van der Waals surface area (Å²) in [4.78, 5) is 23.2. The topological polar surface area (TPSA) is 58.2 Å². The Balaban J connectivity index is 2.44. The fourth-order valence-corrected chi connectivity index (χ4v) is 1.80. The molecule has 0 fully saturated rings. The number of halogens is 1. The molecule has 0 heterocycles. The van der Waals surface area contributed by atoms with E-state index in [9.17, 15) is 9.59 Å². The van der Waals surface area contributed by atoms with Crippen LogP contribution in [-0.2, 0) is 10.2 Å². The maximum absolute atomic E-state index is 11.9. The van der Waals surface area contributed by atoms with Crippen molar-refractivity contribution in [1.29, 1.82) is 0 Å². The van der Waals surface area contributed by atoms with Gasteiger partial charge in [0.05, 0.1) is 0 Å². The van der Waals surface area contributed by atoms with Gasteiger partial charge in [-0.05, 0) is 30.0 Å². The molecule has 1 unspecified atom stereocenters. The van der Waals surface area contributed by atoms with Crippen molar-refractivity contribution in [2.75, 3.05) is 13.1 Å². The number of carbonyl (C=O) groups is 2. The molecule has 0 aliphatic rings. The summed E-state index contributed by atoms with van der Waals surface area (Å²) >= 11 is 5.62. The molecule has 0 bridgehead atoms. The summed E-state index contributed by atoms with van der Waals surface area (Å²) in [5.41, 5.74) is 1.86. The average molecular weight is 311 g/mol. The number of hydrogen-bond donors (Lipinski definition) is 2. The Kier molecular flexibility index (Phi) is 6.21. The summed E-state index contributed by atoms with van der Waals surface area (Å²) in [6.07, 6.45) is 0. The molecule has 116 valence electrons. The van der Waals surface area contributed by atoms with Crippen LogP contribution in [0.15, 0.2) is 24.3 Å². The smallest absolute Gasteiger partial charge is 0.251 e. The first-order chi connectivity index (χ1) is 9.71. The van der Waals surface area contributed by atoms with Gasteiger partial charge in [-0.2, -0.15) is 0 Å². The molecule has 0 saturated heterocycles. The zero-order chi connectivity index (χ0) is 16.0. The monoisotopic (exact) mass is 310 g/mol. The van der Waals surface area contributed by atoms with Crippen LogP contribution in [0.5, 0.6) is 0 Å². The van der Waals surface area contributed by atoms with Crippen molar-refractivity contribution in [3.8, 4) is 0 Å². The van der Waals surface area contributed by atoms with Crippen molar-refractivity contribution in [2.45, 2.75) is 38.5 Å². The van der Waals surface area contributed by atoms with Crippen molar-refractivity contribution < 1.29 is 9.59 Å². The SMILES string of the molecule is CC(Cl)C(=O)NCCNC(=O)c1ccc(C(C)(C)C)cc1. The van der Waals surface area contributed by atoms with E-state index in [1.54, 1.807) is 6.92 Å². The molecule has 0 aliphatic heterocycles. The third-order valence-electron chi connectivity index (χ3n) is 3.08. The maximum atomic E-state index is 11.9. The molecule has 1 atom stereocenters. The van der Waals surface area contributed by atoms with Gasteiger partial charge >= 0.3 is 0 Å². The highest BCUT2D eigenvalue weighted by atomic mass is 35.5. The minimum absolute atomic E-state index is 0.0670. The van der Waals surface area contributed by atoms with E-state index in [1.165, 1.54) is 5.56 Å². The molecule has 0 radical (unpaired) electrons. The lowest BCUT2D eigenvalue weighted by atomic mass is 9.87. The molecule has 21 heavy (non-hydrogen) atoms. The van der Waals surface area contributed by atoms with Crippen LogP contribution in [-0.4, -0.2) is 30.3 Å². The van der Waals surface area contributed by atoms with Crippen molar-refractivity contribution in [1.82, 2.24) is 10.6 Å². The van der Waals surface area contributed by atoms with E-state index < -0.39 is 5.38 Å². The third-order valence-corrected chi connectivity index (χ3v) is 3.28. The van der Waals surface area contributed by atoms with Crippen LogP contribution in [0.4, 0.5) is 0 Å². The predicted octanol–water partition coefficient (Wildman–Crippen LogP) is 2.46. The Morgan fingerprint density at radius 1 is 1.10 bits per heavy atom. The first-order valence-electron chi connectivity index (χ1n) is 7.02. The molecule has 1 aromatic rings. The van der Waals surface area contributed by atoms with Gasteiger partial charge in [0.25, 0.3) is 5.91 Å². The molecule has 0 spiro atoms. The highest BCUT2D eigenvalue weighted by molar-refractivity contribution is 6.30. The zero-order valence-corrected chi connectivity index (χ0v) is 13.8. The van der Waals surface area contributed by atoms with Gasteiger partial charge in [-0.15, -0.1) is 11.6 Å². The van der Waals surface area contributed by atoms with Crippen molar-refractivity contribution in [2.24, 2.45) is 0 Å². The van der Waals surface area contributed by atoms with Crippen LogP contribution in [0.1, 0.15) is 43.6 Å². The van der Waals surface area contributed by atoms with Crippen LogP contribution in [0.2, 0.25) is 0 Å². The van der Waals surface area contributed by atoms with Crippen LogP contribution >= 0.6 is 11.6 Å². The first-order valence-corrected chi connectivity index (χ1v) is 7.46. The van der Waals surface area contributed by atoms with Gasteiger partial charge < -0.3 is 10.6 Å². The normalized spacial score (nSPS) is 12.6. The molecule has 5 heteroatoms. The summed E-state index contributed by atoms with van der Waals surface area (Å²) in [6, 6.07) is 7.56. The fourth-order valence-electron chi connectivity index (χ4n) is 1.73. The van der Waals surface area contributed by atoms with E-state index in [0.717, 1.165) is 0 Å². The van der Waals surface area contributed by atoms with Crippen molar-refractivity contribution >= 4 is 23.4 Å². The summed E-state index contributed by atoms with van der Waals surface area (Å²) in [6.45, 7) is 8.72. The highest BCUT2D eigenvalue weighted by Gasteiger charge is 2.14. The van der Waals surface area contributed by atoms with Crippen LogP contribution in [0.25, 0.3) is 0 Å². The number of amides is 2. The van der Waals surface area contributed by atoms with E-state index in [1.807, 2.05) is 24.3 Å². The lowest BCUT2D eigenvalue weighted by Crippen LogP contribution is -2.37. The van der Waals surface area contributed by atoms with Gasteiger partial charge in [-0.1, -0.05) is 32.9 Å². The molecule has 0 aromatic heterocycles. The van der Waals surface area contributed by atoms with Gasteiger partial charge in [0.2, 0.25) is 5.91 Å². The Bertz CT molecular complexity index is 490. The van der Waals surface area contributed by atoms with Gasteiger partial charge in [0.1, 0.15) is 5.38 Å². The molecule has 2 N–H and O–H groups in total. The van der Waals surface area contributed by atoms with Gasteiger partial charge in [0, 0.05) is 18.7 Å². The molecular formula is C16H23ClN2O2. The molecule has 4 nitrogen and oxygen atoms in total. The first kappa shape index (κ1) is 17.5. The highest BCUT2D eigenvalue weighted by Crippen LogP contribution is 2.22. The van der Waals surface area contributed by atoms with Crippen LogP contribution in [0.3, 0.4) is 0 Å². The lowest BCUT2D eigenvalue weighted by molar-refractivity contribution is -0.120. The molecule has 1 aromatic carbocycles. The van der Waals surface area contributed by atoms with E-state index in [0.29, 0.717) is 18.7 Å². The minimum Gasteiger partial charge on any atom is -0.353 e. The fraction of sp³-hybridized carbons (Fsp3) is 0.500. The summed E-state index contributed by atoms with van der Waals surface area (Å²) in [7, 11) is 0. The minimum atomic E-state index is -0.564. The second-order valence-corrected chi connectivity index (χ2v) is 6.64. The molecular weight excluding hydrogens is 288 g/mol. The van der Waals surface area contributed by atoms with Gasteiger partial charge in [0.15, 0.2) is 0 Å². The Morgan fingerprint density at radius 3 is 2.10 bits per heavy atom.